The maximum atomic E-state index is 5.79. The minimum Gasteiger partial charge on any atom is -0.419 e. The summed E-state index contributed by atoms with van der Waals surface area (Å²) < 4.78 is 5.79. The van der Waals surface area contributed by atoms with Gasteiger partial charge in [0, 0.05) is 5.56 Å². The molecule has 1 unspecified atom stereocenters. The van der Waals surface area contributed by atoms with E-state index in [9.17, 15) is 0 Å². The summed E-state index contributed by atoms with van der Waals surface area (Å²) in [5.41, 5.74) is 2.28. The fourth-order valence-corrected chi connectivity index (χ4v) is 2.15. The molecule has 102 valence electrons. The molecular formula is C15H19BrN2O. The van der Waals surface area contributed by atoms with E-state index < -0.39 is 0 Å². The first-order valence-electron chi connectivity index (χ1n) is 6.51. The molecule has 2 rings (SSSR count). The Bertz CT molecular complexity index is 557. The summed E-state index contributed by atoms with van der Waals surface area (Å²) in [4.78, 5) is 0.121. The number of benzene rings is 1. The predicted octanol–water partition coefficient (Wildman–Crippen LogP) is 4.88. The van der Waals surface area contributed by atoms with Gasteiger partial charge in [0.1, 0.15) is 0 Å². The molecule has 0 aliphatic rings. The van der Waals surface area contributed by atoms with Crippen LogP contribution in [-0.4, -0.2) is 10.2 Å². The van der Waals surface area contributed by atoms with Crippen molar-refractivity contribution < 1.29 is 4.42 Å². The number of hydrogen-bond donors (Lipinski definition) is 0. The third-order valence-corrected chi connectivity index (χ3v) is 4.07. The quantitative estimate of drug-likeness (QED) is 0.756. The molecule has 0 aliphatic carbocycles. The van der Waals surface area contributed by atoms with E-state index in [4.69, 9.17) is 4.42 Å². The molecule has 1 atom stereocenters. The van der Waals surface area contributed by atoms with Crippen LogP contribution < -0.4 is 0 Å². The van der Waals surface area contributed by atoms with Crippen molar-refractivity contribution in [3.05, 3.63) is 35.7 Å². The summed E-state index contributed by atoms with van der Waals surface area (Å²) in [5.74, 6) is 1.24. The van der Waals surface area contributed by atoms with Crippen LogP contribution in [0.25, 0.3) is 11.5 Å². The van der Waals surface area contributed by atoms with Gasteiger partial charge in [-0.05, 0) is 23.5 Å². The maximum Gasteiger partial charge on any atom is 0.248 e. The van der Waals surface area contributed by atoms with Crippen molar-refractivity contribution in [2.75, 3.05) is 0 Å². The molecule has 0 saturated carbocycles. The molecule has 0 amide bonds. The van der Waals surface area contributed by atoms with E-state index in [0.717, 1.165) is 12.0 Å². The van der Waals surface area contributed by atoms with Gasteiger partial charge in [-0.1, -0.05) is 61.8 Å². The van der Waals surface area contributed by atoms with E-state index in [1.54, 1.807) is 0 Å². The van der Waals surface area contributed by atoms with Gasteiger partial charge in [-0.15, -0.1) is 10.2 Å². The predicted molar refractivity (Wildman–Crippen MR) is 80.4 cm³/mol. The van der Waals surface area contributed by atoms with Crippen LogP contribution in [0.3, 0.4) is 0 Å². The Morgan fingerprint density at radius 3 is 2.53 bits per heavy atom. The van der Waals surface area contributed by atoms with Crippen molar-refractivity contribution in [1.82, 2.24) is 10.2 Å². The maximum absolute atomic E-state index is 5.79. The highest BCUT2D eigenvalue weighted by Gasteiger charge is 2.22. The van der Waals surface area contributed by atoms with Gasteiger partial charge < -0.3 is 4.42 Å². The van der Waals surface area contributed by atoms with Gasteiger partial charge in [0.2, 0.25) is 11.8 Å². The smallest absolute Gasteiger partial charge is 0.248 e. The highest BCUT2D eigenvalue weighted by molar-refractivity contribution is 9.09. The number of aromatic nitrogens is 2. The first-order valence-corrected chi connectivity index (χ1v) is 7.42. The highest BCUT2D eigenvalue weighted by atomic mass is 79.9. The van der Waals surface area contributed by atoms with Crippen molar-refractivity contribution >= 4 is 15.9 Å². The third-order valence-electron chi connectivity index (χ3n) is 3.03. The van der Waals surface area contributed by atoms with E-state index in [-0.39, 0.29) is 10.2 Å². The lowest BCUT2D eigenvalue weighted by Crippen LogP contribution is -2.12. The van der Waals surface area contributed by atoms with Crippen LogP contribution >= 0.6 is 15.9 Å². The lowest BCUT2D eigenvalue weighted by atomic mass is 9.84. The van der Waals surface area contributed by atoms with Crippen molar-refractivity contribution in [2.45, 2.75) is 44.4 Å². The standard InChI is InChI=1S/C15H19BrN2O/c1-5-12(16)14-18-17-13(19-14)10-8-6-7-9-11(10)15(2,3)4/h6-9,12H,5H2,1-4H3. The molecule has 4 heteroatoms. The first-order chi connectivity index (χ1) is 8.93. The minimum absolute atomic E-state index is 0.0454. The zero-order valence-electron chi connectivity index (χ0n) is 11.8. The van der Waals surface area contributed by atoms with Crippen LogP contribution in [0.15, 0.2) is 28.7 Å². The zero-order valence-corrected chi connectivity index (χ0v) is 13.4. The van der Waals surface area contributed by atoms with E-state index in [1.807, 2.05) is 18.2 Å². The average molecular weight is 323 g/mol. The van der Waals surface area contributed by atoms with Crippen LogP contribution in [0.5, 0.6) is 0 Å². The Hall–Kier alpha value is -1.16. The summed E-state index contributed by atoms with van der Waals surface area (Å²) in [6.07, 6.45) is 0.919. The lowest BCUT2D eigenvalue weighted by molar-refractivity contribution is 0.497. The molecule has 1 aromatic heterocycles. The van der Waals surface area contributed by atoms with E-state index >= 15 is 0 Å². The van der Waals surface area contributed by atoms with E-state index in [1.165, 1.54) is 5.56 Å². The third kappa shape index (κ3) is 3.06. The van der Waals surface area contributed by atoms with Gasteiger partial charge in [-0.3, -0.25) is 0 Å². The molecule has 0 spiro atoms. The van der Waals surface area contributed by atoms with Gasteiger partial charge in [0.05, 0.1) is 4.83 Å². The molecule has 0 N–H and O–H groups in total. The second-order valence-electron chi connectivity index (χ2n) is 5.62. The van der Waals surface area contributed by atoms with Crippen molar-refractivity contribution in [2.24, 2.45) is 0 Å². The minimum atomic E-state index is 0.0454. The molecule has 1 aromatic carbocycles. The molecule has 0 fully saturated rings. The summed E-state index contributed by atoms with van der Waals surface area (Å²) >= 11 is 3.53. The molecule has 0 bridgehead atoms. The molecule has 2 aromatic rings. The van der Waals surface area contributed by atoms with E-state index in [2.05, 4.69) is 59.9 Å². The summed E-state index contributed by atoms with van der Waals surface area (Å²) in [6, 6.07) is 8.19. The molecule has 3 nitrogen and oxygen atoms in total. The van der Waals surface area contributed by atoms with E-state index in [0.29, 0.717) is 11.8 Å². The lowest BCUT2D eigenvalue weighted by Gasteiger charge is -2.21. The van der Waals surface area contributed by atoms with Crippen molar-refractivity contribution in [3.63, 3.8) is 0 Å². The molecule has 1 heterocycles. The van der Waals surface area contributed by atoms with Gasteiger partial charge in [-0.25, -0.2) is 0 Å². The first kappa shape index (κ1) is 14.3. The van der Waals surface area contributed by atoms with Gasteiger partial charge in [0.25, 0.3) is 0 Å². The van der Waals surface area contributed by atoms with Crippen LogP contribution in [0.2, 0.25) is 0 Å². The number of rotatable bonds is 3. The number of hydrogen-bond acceptors (Lipinski definition) is 3. The summed E-state index contributed by atoms with van der Waals surface area (Å²) in [5, 5.41) is 8.31. The second-order valence-corrected chi connectivity index (χ2v) is 6.72. The van der Waals surface area contributed by atoms with Crippen molar-refractivity contribution in [3.8, 4) is 11.5 Å². The molecule has 0 radical (unpaired) electrons. The Morgan fingerprint density at radius 2 is 1.89 bits per heavy atom. The Balaban J connectivity index is 2.45. The Morgan fingerprint density at radius 1 is 1.21 bits per heavy atom. The zero-order chi connectivity index (χ0) is 14.0. The SMILES string of the molecule is CCC(Br)c1nnc(-c2ccccc2C(C)(C)C)o1. The normalized spacial score (nSPS) is 13.5. The summed E-state index contributed by atoms with van der Waals surface area (Å²) in [6.45, 7) is 8.62. The van der Waals surface area contributed by atoms with Gasteiger partial charge in [-0.2, -0.15) is 0 Å². The second kappa shape index (κ2) is 5.45. The topological polar surface area (TPSA) is 38.9 Å². The Kier molecular flexibility index (Phi) is 4.09. The Labute approximate surface area is 122 Å². The number of nitrogens with zero attached hydrogens (tertiary/aromatic N) is 2. The van der Waals surface area contributed by atoms with Crippen LogP contribution in [0.1, 0.15) is 50.4 Å². The fourth-order valence-electron chi connectivity index (χ4n) is 1.97. The van der Waals surface area contributed by atoms with Gasteiger partial charge in [0.15, 0.2) is 0 Å². The number of halogens is 1. The largest absolute Gasteiger partial charge is 0.419 e. The van der Waals surface area contributed by atoms with Crippen molar-refractivity contribution in [1.29, 1.82) is 0 Å². The summed E-state index contributed by atoms with van der Waals surface area (Å²) in [7, 11) is 0. The fraction of sp³-hybridized carbons (Fsp3) is 0.467. The van der Waals surface area contributed by atoms with Crippen LogP contribution in [0.4, 0.5) is 0 Å². The molecular weight excluding hydrogens is 304 g/mol. The molecule has 0 aliphatic heterocycles. The van der Waals surface area contributed by atoms with Gasteiger partial charge >= 0.3 is 0 Å². The molecule has 19 heavy (non-hydrogen) atoms. The molecule has 0 saturated heterocycles. The monoisotopic (exact) mass is 322 g/mol. The highest BCUT2D eigenvalue weighted by Crippen LogP contribution is 2.34. The number of alkyl halides is 1. The average Bonchev–Trinajstić information content (AvgIpc) is 2.86. The van der Waals surface area contributed by atoms with Crippen LogP contribution in [0, 0.1) is 0 Å². The van der Waals surface area contributed by atoms with Crippen LogP contribution in [-0.2, 0) is 5.41 Å².